The number of piperidine rings is 1. The van der Waals surface area contributed by atoms with Gasteiger partial charge in [0.2, 0.25) is 5.89 Å². The Morgan fingerprint density at radius 1 is 1.27 bits per heavy atom. The number of thiophene rings is 1. The number of rotatable bonds is 4. The van der Waals surface area contributed by atoms with Gasteiger partial charge in [-0.1, -0.05) is 12.5 Å². The van der Waals surface area contributed by atoms with E-state index in [-0.39, 0.29) is 6.29 Å². The molecule has 118 valence electrons. The molecule has 1 unspecified atom stereocenters. The van der Waals surface area contributed by atoms with E-state index in [9.17, 15) is 0 Å². The average Bonchev–Trinajstić information content (AvgIpc) is 3.30. The lowest BCUT2D eigenvalue weighted by Gasteiger charge is -2.37. The maximum atomic E-state index is 5.72. The lowest BCUT2D eigenvalue weighted by Crippen LogP contribution is -2.46. The van der Waals surface area contributed by atoms with Crippen molar-refractivity contribution in [3.05, 3.63) is 29.5 Å². The summed E-state index contributed by atoms with van der Waals surface area (Å²) < 4.78 is 17.1. The van der Waals surface area contributed by atoms with Gasteiger partial charge in [-0.3, -0.25) is 4.90 Å². The van der Waals surface area contributed by atoms with Gasteiger partial charge < -0.3 is 13.9 Å². The molecule has 2 saturated heterocycles. The Labute approximate surface area is 133 Å². The van der Waals surface area contributed by atoms with Crippen LogP contribution in [0, 0.1) is 0 Å². The SMILES string of the molecule is c1csc(-c2nc(CN3CCCCC3C3OCCO3)co2)c1. The van der Waals surface area contributed by atoms with Crippen molar-refractivity contribution in [2.45, 2.75) is 38.1 Å². The van der Waals surface area contributed by atoms with E-state index >= 15 is 0 Å². The minimum atomic E-state index is -0.0797. The Morgan fingerprint density at radius 3 is 3.00 bits per heavy atom. The highest BCUT2D eigenvalue weighted by atomic mass is 32.1. The van der Waals surface area contributed by atoms with Crippen molar-refractivity contribution in [2.24, 2.45) is 0 Å². The van der Waals surface area contributed by atoms with Crippen LogP contribution < -0.4 is 0 Å². The standard InChI is InChI=1S/C16H20N2O3S/c1-2-6-18(13(4-1)16-19-7-8-20-16)10-12-11-21-15(17-12)14-5-3-9-22-14/h3,5,9,11,13,16H,1-2,4,6-8,10H2. The molecule has 0 saturated carbocycles. The molecule has 0 aliphatic carbocycles. The van der Waals surface area contributed by atoms with E-state index in [2.05, 4.69) is 9.88 Å². The number of hydrogen-bond donors (Lipinski definition) is 0. The number of nitrogens with zero attached hydrogens (tertiary/aromatic N) is 2. The van der Waals surface area contributed by atoms with E-state index in [1.807, 2.05) is 17.5 Å². The van der Waals surface area contributed by atoms with Crippen molar-refractivity contribution < 1.29 is 13.9 Å². The summed E-state index contributed by atoms with van der Waals surface area (Å²) in [6.07, 6.45) is 5.28. The Balaban J connectivity index is 1.46. The van der Waals surface area contributed by atoms with Crippen molar-refractivity contribution in [2.75, 3.05) is 19.8 Å². The number of oxazole rings is 1. The largest absolute Gasteiger partial charge is 0.444 e. The van der Waals surface area contributed by atoms with Gasteiger partial charge in [0.1, 0.15) is 6.26 Å². The van der Waals surface area contributed by atoms with Gasteiger partial charge in [0.25, 0.3) is 0 Å². The lowest BCUT2D eigenvalue weighted by molar-refractivity contribution is -0.111. The zero-order chi connectivity index (χ0) is 14.8. The first kappa shape index (κ1) is 14.4. The van der Waals surface area contributed by atoms with Gasteiger partial charge in [-0.2, -0.15) is 0 Å². The minimum Gasteiger partial charge on any atom is -0.444 e. The van der Waals surface area contributed by atoms with E-state index in [4.69, 9.17) is 13.9 Å². The molecule has 5 nitrogen and oxygen atoms in total. The quantitative estimate of drug-likeness (QED) is 0.866. The first-order chi connectivity index (χ1) is 10.9. The fourth-order valence-corrected chi connectivity index (χ4v) is 3.88. The van der Waals surface area contributed by atoms with E-state index in [0.717, 1.165) is 30.1 Å². The Bertz CT molecular complexity index is 592. The summed E-state index contributed by atoms with van der Waals surface area (Å²) in [5.41, 5.74) is 0.980. The van der Waals surface area contributed by atoms with Crippen LogP contribution in [0.2, 0.25) is 0 Å². The van der Waals surface area contributed by atoms with Crippen LogP contribution in [-0.2, 0) is 16.0 Å². The van der Waals surface area contributed by atoms with Gasteiger partial charge in [-0.05, 0) is 30.8 Å². The summed E-state index contributed by atoms with van der Waals surface area (Å²) in [7, 11) is 0. The number of aromatic nitrogens is 1. The summed E-state index contributed by atoms with van der Waals surface area (Å²) in [4.78, 5) is 8.13. The van der Waals surface area contributed by atoms with Crippen LogP contribution in [0.25, 0.3) is 10.8 Å². The molecule has 22 heavy (non-hydrogen) atoms. The fraction of sp³-hybridized carbons (Fsp3) is 0.562. The van der Waals surface area contributed by atoms with Crippen LogP contribution in [0.4, 0.5) is 0 Å². The second-order valence-corrected chi connectivity index (χ2v) is 6.71. The Hall–Kier alpha value is -1.21. The van der Waals surface area contributed by atoms with Gasteiger partial charge >= 0.3 is 0 Å². The second kappa shape index (κ2) is 6.50. The molecule has 2 aliphatic heterocycles. The summed E-state index contributed by atoms with van der Waals surface area (Å²) in [5, 5.41) is 2.04. The molecule has 4 rings (SSSR count). The summed E-state index contributed by atoms with van der Waals surface area (Å²) in [6, 6.07) is 4.38. The third kappa shape index (κ3) is 2.96. The highest BCUT2D eigenvalue weighted by Gasteiger charge is 2.34. The van der Waals surface area contributed by atoms with Crippen molar-refractivity contribution in [3.8, 4) is 10.8 Å². The highest BCUT2D eigenvalue weighted by molar-refractivity contribution is 7.13. The van der Waals surface area contributed by atoms with Crippen LogP contribution in [0.5, 0.6) is 0 Å². The maximum absolute atomic E-state index is 5.72. The highest BCUT2D eigenvalue weighted by Crippen LogP contribution is 2.28. The van der Waals surface area contributed by atoms with E-state index in [1.165, 1.54) is 12.8 Å². The van der Waals surface area contributed by atoms with Crippen LogP contribution in [0.3, 0.4) is 0 Å². The molecule has 0 bridgehead atoms. The Morgan fingerprint density at radius 2 is 2.18 bits per heavy atom. The normalized spacial score (nSPS) is 24.1. The third-order valence-corrected chi connectivity index (χ3v) is 5.13. The van der Waals surface area contributed by atoms with Crippen molar-refractivity contribution in [1.29, 1.82) is 0 Å². The summed E-state index contributed by atoms with van der Waals surface area (Å²) in [5.74, 6) is 0.715. The first-order valence-electron chi connectivity index (χ1n) is 7.86. The molecule has 6 heteroatoms. The van der Waals surface area contributed by atoms with Crippen molar-refractivity contribution >= 4 is 11.3 Å². The van der Waals surface area contributed by atoms with Crippen LogP contribution in [0.15, 0.2) is 28.2 Å². The number of ether oxygens (including phenoxy) is 2. The van der Waals surface area contributed by atoms with Crippen LogP contribution in [-0.4, -0.2) is 42.0 Å². The average molecular weight is 320 g/mol. The molecule has 2 aromatic rings. The molecule has 0 spiro atoms. The van der Waals surface area contributed by atoms with E-state index < -0.39 is 0 Å². The van der Waals surface area contributed by atoms with Crippen LogP contribution in [0.1, 0.15) is 25.0 Å². The molecule has 0 N–H and O–H groups in total. The first-order valence-corrected chi connectivity index (χ1v) is 8.74. The predicted octanol–water partition coefficient (Wildman–Crippen LogP) is 3.13. The molecule has 2 aliphatic rings. The minimum absolute atomic E-state index is 0.0797. The molecular formula is C16H20N2O3S. The van der Waals surface area contributed by atoms with Gasteiger partial charge in [0, 0.05) is 6.54 Å². The molecule has 0 radical (unpaired) electrons. The molecule has 1 atom stereocenters. The van der Waals surface area contributed by atoms with Gasteiger partial charge in [0.05, 0.1) is 29.8 Å². The fourth-order valence-electron chi connectivity index (χ4n) is 3.22. The summed E-state index contributed by atoms with van der Waals surface area (Å²) in [6.45, 7) is 3.28. The molecule has 2 aromatic heterocycles. The van der Waals surface area contributed by atoms with Crippen molar-refractivity contribution in [1.82, 2.24) is 9.88 Å². The van der Waals surface area contributed by atoms with Crippen LogP contribution >= 0.6 is 11.3 Å². The van der Waals surface area contributed by atoms with E-state index in [0.29, 0.717) is 25.1 Å². The number of likely N-dealkylation sites (tertiary alicyclic amines) is 1. The molecule has 0 aromatic carbocycles. The summed E-state index contributed by atoms with van der Waals surface area (Å²) >= 11 is 1.65. The lowest BCUT2D eigenvalue weighted by atomic mass is 10.0. The Kier molecular flexibility index (Phi) is 4.25. The second-order valence-electron chi connectivity index (χ2n) is 5.76. The molecule has 4 heterocycles. The maximum Gasteiger partial charge on any atom is 0.236 e. The number of hydrogen-bond acceptors (Lipinski definition) is 6. The molecule has 2 fully saturated rings. The molecule has 0 amide bonds. The third-order valence-electron chi connectivity index (χ3n) is 4.27. The van der Waals surface area contributed by atoms with Gasteiger partial charge in [-0.25, -0.2) is 4.98 Å². The zero-order valence-electron chi connectivity index (χ0n) is 12.4. The van der Waals surface area contributed by atoms with E-state index in [1.54, 1.807) is 17.6 Å². The zero-order valence-corrected chi connectivity index (χ0v) is 13.3. The van der Waals surface area contributed by atoms with Gasteiger partial charge in [0.15, 0.2) is 6.29 Å². The monoisotopic (exact) mass is 320 g/mol. The van der Waals surface area contributed by atoms with Gasteiger partial charge in [-0.15, -0.1) is 11.3 Å². The van der Waals surface area contributed by atoms with Crippen molar-refractivity contribution in [3.63, 3.8) is 0 Å². The topological polar surface area (TPSA) is 47.7 Å². The predicted molar refractivity (Wildman–Crippen MR) is 83.6 cm³/mol. The molecular weight excluding hydrogens is 300 g/mol. The smallest absolute Gasteiger partial charge is 0.236 e.